The molecule has 0 saturated carbocycles. The largest absolute Gasteiger partial charge is 0.493 e. The van der Waals surface area contributed by atoms with Crippen molar-refractivity contribution >= 4 is 17.3 Å². The van der Waals surface area contributed by atoms with Crippen molar-refractivity contribution in [1.82, 2.24) is 0 Å². The van der Waals surface area contributed by atoms with Gasteiger partial charge in [0.05, 0.1) is 27.9 Å². The molecule has 0 radical (unpaired) electrons. The molecule has 0 heterocycles. The Morgan fingerprint density at radius 1 is 0.920 bits per heavy atom. The third-order valence-electron chi connectivity index (χ3n) is 3.76. The van der Waals surface area contributed by atoms with Crippen LogP contribution in [-0.4, -0.2) is 33.8 Å². The average molecular weight is 344 g/mol. The van der Waals surface area contributed by atoms with E-state index >= 15 is 0 Å². The second-order valence-electron chi connectivity index (χ2n) is 5.37. The second-order valence-corrected chi connectivity index (χ2v) is 5.37. The maximum atomic E-state index is 12.1. The van der Waals surface area contributed by atoms with Gasteiger partial charge in [-0.1, -0.05) is 19.1 Å². The lowest BCUT2D eigenvalue weighted by Gasteiger charge is -2.15. The van der Waals surface area contributed by atoms with Gasteiger partial charge in [-0.25, -0.2) is 0 Å². The smallest absolute Gasteiger partial charge is 0.243 e. The van der Waals surface area contributed by atoms with Crippen molar-refractivity contribution in [3.8, 4) is 17.2 Å². The highest BCUT2D eigenvalue weighted by atomic mass is 16.5. The maximum absolute atomic E-state index is 12.1. The summed E-state index contributed by atoms with van der Waals surface area (Å²) in [5.41, 5.74) is 2.70. The zero-order valence-corrected chi connectivity index (χ0v) is 15.0. The fourth-order valence-corrected chi connectivity index (χ4v) is 2.39. The Labute approximate surface area is 148 Å². The fraction of sp³-hybridized carbons (Fsp3) is 0.316. The Balaban J connectivity index is 2.01. The summed E-state index contributed by atoms with van der Waals surface area (Å²) in [6.45, 7) is 2.21. The van der Waals surface area contributed by atoms with E-state index in [2.05, 4.69) is 17.6 Å². The fourth-order valence-electron chi connectivity index (χ4n) is 2.39. The van der Waals surface area contributed by atoms with Crippen LogP contribution in [-0.2, 0) is 11.2 Å². The van der Waals surface area contributed by atoms with Crippen LogP contribution >= 0.6 is 0 Å². The van der Waals surface area contributed by atoms with Gasteiger partial charge in [-0.2, -0.15) is 0 Å². The molecule has 0 aliphatic rings. The lowest BCUT2D eigenvalue weighted by molar-refractivity contribution is -0.114. The second kappa shape index (κ2) is 8.82. The molecule has 0 aliphatic heterocycles. The highest BCUT2D eigenvalue weighted by molar-refractivity contribution is 5.93. The van der Waals surface area contributed by atoms with E-state index in [1.54, 1.807) is 33.5 Å². The zero-order chi connectivity index (χ0) is 18.2. The van der Waals surface area contributed by atoms with E-state index in [4.69, 9.17) is 14.2 Å². The Morgan fingerprint density at radius 2 is 1.52 bits per heavy atom. The Bertz CT molecular complexity index is 689. The summed E-state index contributed by atoms with van der Waals surface area (Å²) in [6, 6.07) is 11.3. The molecule has 2 aromatic rings. The van der Waals surface area contributed by atoms with Crippen LogP contribution in [0, 0.1) is 0 Å². The molecule has 6 nitrogen and oxygen atoms in total. The van der Waals surface area contributed by atoms with Crippen molar-refractivity contribution in [1.29, 1.82) is 0 Å². The molecule has 25 heavy (non-hydrogen) atoms. The summed E-state index contributed by atoms with van der Waals surface area (Å²) in [5.74, 6) is 1.42. The molecule has 2 rings (SSSR count). The number of ether oxygens (including phenoxy) is 3. The van der Waals surface area contributed by atoms with Gasteiger partial charge in [-0.05, 0) is 24.1 Å². The van der Waals surface area contributed by atoms with Crippen molar-refractivity contribution < 1.29 is 19.0 Å². The zero-order valence-electron chi connectivity index (χ0n) is 15.0. The van der Waals surface area contributed by atoms with Crippen molar-refractivity contribution in [2.24, 2.45) is 0 Å². The van der Waals surface area contributed by atoms with Crippen LogP contribution in [0.1, 0.15) is 12.5 Å². The van der Waals surface area contributed by atoms with E-state index in [0.29, 0.717) is 22.9 Å². The number of carbonyl (C=O) groups excluding carboxylic acids is 1. The molecule has 2 aromatic carbocycles. The number of amides is 1. The summed E-state index contributed by atoms with van der Waals surface area (Å²) in [5, 5.41) is 5.91. The van der Waals surface area contributed by atoms with Crippen LogP contribution in [0.5, 0.6) is 17.2 Å². The highest BCUT2D eigenvalue weighted by Crippen LogP contribution is 2.39. The quantitative estimate of drug-likeness (QED) is 0.769. The van der Waals surface area contributed by atoms with Crippen LogP contribution in [0.15, 0.2) is 36.4 Å². The number of anilines is 2. The first-order chi connectivity index (χ1) is 12.1. The molecule has 134 valence electrons. The van der Waals surface area contributed by atoms with Gasteiger partial charge >= 0.3 is 0 Å². The summed E-state index contributed by atoms with van der Waals surface area (Å²) in [7, 11) is 4.65. The molecule has 0 atom stereocenters. The predicted molar refractivity (Wildman–Crippen MR) is 99.0 cm³/mol. The molecular formula is C19H24N2O4. The maximum Gasteiger partial charge on any atom is 0.243 e. The Morgan fingerprint density at radius 3 is 2.00 bits per heavy atom. The molecule has 6 heteroatoms. The van der Waals surface area contributed by atoms with Gasteiger partial charge in [0.1, 0.15) is 0 Å². The molecule has 0 aliphatic carbocycles. The van der Waals surface area contributed by atoms with Gasteiger partial charge in [0.2, 0.25) is 11.7 Å². The number of carbonyl (C=O) groups is 1. The standard InChI is InChI=1S/C19H24N2O4/c1-5-13-6-8-14(9-7-13)21-18(22)12-20-15-10-16(23-2)19(25-4)17(11-15)24-3/h6-11,20H,5,12H2,1-4H3,(H,21,22). The first-order valence-electron chi connectivity index (χ1n) is 8.04. The lowest BCUT2D eigenvalue weighted by atomic mass is 10.1. The SMILES string of the molecule is CCc1ccc(NC(=O)CNc2cc(OC)c(OC)c(OC)c2)cc1. The minimum absolute atomic E-state index is 0.119. The normalized spacial score (nSPS) is 10.1. The third-order valence-corrected chi connectivity index (χ3v) is 3.76. The third kappa shape index (κ3) is 4.79. The molecule has 0 fully saturated rings. The molecule has 0 aromatic heterocycles. The van der Waals surface area contributed by atoms with E-state index in [0.717, 1.165) is 12.1 Å². The number of nitrogens with one attached hydrogen (secondary N) is 2. The number of methoxy groups -OCH3 is 3. The predicted octanol–water partition coefficient (Wildman–Crippen LogP) is 3.33. The van der Waals surface area contributed by atoms with Crippen LogP contribution in [0.2, 0.25) is 0 Å². The van der Waals surface area contributed by atoms with Gasteiger partial charge in [0.25, 0.3) is 0 Å². The summed E-state index contributed by atoms with van der Waals surface area (Å²) >= 11 is 0. The van der Waals surface area contributed by atoms with Crippen molar-refractivity contribution in [2.75, 3.05) is 38.5 Å². The van der Waals surface area contributed by atoms with E-state index in [9.17, 15) is 4.79 Å². The van der Waals surface area contributed by atoms with Crippen LogP contribution in [0.25, 0.3) is 0 Å². The van der Waals surface area contributed by atoms with Crippen molar-refractivity contribution in [2.45, 2.75) is 13.3 Å². The van der Waals surface area contributed by atoms with E-state index < -0.39 is 0 Å². The lowest BCUT2D eigenvalue weighted by Crippen LogP contribution is -2.21. The number of hydrogen-bond acceptors (Lipinski definition) is 5. The van der Waals surface area contributed by atoms with Gasteiger partial charge in [-0.3, -0.25) is 4.79 Å². The van der Waals surface area contributed by atoms with Gasteiger partial charge < -0.3 is 24.8 Å². The molecule has 0 spiro atoms. The average Bonchev–Trinajstić information content (AvgIpc) is 2.65. The molecule has 2 N–H and O–H groups in total. The molecule has 0 unspecified atom stereocenters. The molecular weight excluding hydrogens is 320 g/mol. The van der Waals surface area contributed by atoms with Crippen LogP contribution < -0.4 is 24.8 Å². The van der Waals surface area contributed by atoms with E-state index in [-0.39, 0.29) is 12.5 Å². The summed E-state index contributed by atoms with van der Waals surface area (Å²) in [4.78, 5) is 12.1. The summed E-state index contributed by atoms with van der Waals surface area (Å²) < 4.78 is 15.9. The molecule has 0 bridgehead atoms. The number of hydrogen-bond donors (Lipinski definition) is 2. The van der Waals surface area contributed by atoms with Crippen molar-refractivity contribution in [3.05, 3.63) is 42.0 Å². The first kappa shape index (κ1) is 18.4. The van der Waals surface area contributed by atoms with E-state index in [1.807, 2.05) is 24.3 Å². The van der Waals surface area contributed by atoms with Crippen LogP contribution in [0.3, 0.4) is 0 Å². The summed E-state index contributed by atoms with van der Waals surface area (Å²) in [6.07, 6.45) is 0.969. The number of rotatable bonds is 8. The number of benzene rings is 2. The number of aryl methyl sites for hydroxylation is 1. The topological polar surface area (TPSA) is 68.8 Å². The minimum atomic E-state index is -0.141. The van der Waals surface area contributed by atoms with Gasteiger partial charge in [-0.15, -0.1) is 0 Å². The Kier molecular flexibility index (Phi) is 6.51. The minimum Gasteiger partial charge on any atom is -0.493 e. The highest BCUT2D eigenvalue weighted by Gasteiger charge is 2.13. The van der Waals surface area contributed by atoms with Gasteiger partial charge in [0.15, 0.2) is 11.5 Å². The first-order valence-corrected chi connectivity index (χ1v) is 8.04. The van der Waals surface area contributed by atoms with Crippen molar-refractivity contribution in [3.63, 3.8) is 0 Å². The monoisotopic (exact) mass is 344 g/mol. The molecule has 0 saturated heterocycles. The Hall–Kier alpha value is -2.89. The van der Waals surface area contributed by atoms with Gasteiger partial charge in [0, 0.05) is 23.5 Å². The van der Waals surface area contributed by atoms with Crippen LogP contribution in [0.4, 0.5) is 11.4 Å². The van der Waals surface area contributed by atoms with E-state index in [1.165, 1.54) is 5.56 Å². The molecule has 1 amide bonds.